The predicted molar refractivity (Wildman–Crippen MR) is 120 cm³/mol. The number of amides is 1. The Morgan fingerprint density at radius 1 is 1.18 bits per heavy atom. The molecule has 1 N–H and O–H groups in total. The minimum Gasteiger partial charge on any atom is -0.394 e. The molecular weight excluding hydrogens is 443 g/mol. The van der Waals surface area contributed by atoms with Crippen molar-refractivity contribution < 1.29 is 23.1 Å². The molecule has 3 atom stereocenters. The number of carbonyl (C=O) groups excluding carboxylic acids is 1. The van der Waals surface area contributed by atoms with Crippen LogP contribution in [0.3, 0.4) is 0 Å². The number of benzene rings is 2. The van der Waals surface area contributed by atoms with Crippen LogP contribution < -0.4 is 0 Å². The molecule has 1 aliphatic carbocycles. The van der Waals surface area contributed by atoms with Crippen molar-refractivity contribution in [3.63, 3.8) is 0 Å². The second-order valence-corrected chi connectivity index (χ2v) is 9.48. The highest BCUT2D eigenvalue weighted by molar-refractivity contribution is 5.88. The Hall–Kier alpha value is -3.13. The van der Waals surface area contributed by atoms with E-state index in [1.807, 2.05) is 36.7 Å². The van der Waals surface area contributed by atoms with E-state index in [0.29, 0.717) is 13.0 Å². The first-order valence-electron chi connectivity index (χ1n) is 11.4. The standard InChI is InChI=1S/C26H26F3N3O2/c1-15-8-17(4-5-22(15)31-12-16(2)30-14-31)19-11-26(19)6-3-7-32(25(26)34)23(13-33)18-9-20(27)24(29)21(28)10-18/h4-5,8-10,12,14,19,23,33H,3,6-7,11,13H2,1-2H3. The molecule has 0 radical (unpaired) electrons. The summed E-state index contributed by atoms with van der Waals surface area (Å²) in [6, 6.07) is 6.96. The molecular formula is C26H26F3N3O2. The fourth-order valence-corrected chi connectivity index (χ4v) is 5.50. The molecule has 1 saturated carbocycles. The highest BCUT2D eigenvalue weighted by Crippen LogP contribution is 2.64. The molecule has 1 aliphatic heterocycles. The van der Waals surface area contributed by atoms with Crippen molar-refractivity contribution in [3.05, 3.63) is 82.7 Å². The van der Waals surface area contributed by atoms with E-state index in [4.69, 9.17) is 0 Å². The number of likely N-dealkylation sites (tertiary alicyclic amines) is 1. The Morgan fingerprint density at radius 3 is 2.53 bits per heavy atom. The summed E-state index contributed by atoms with van der Waals surface area (Å²) in [5.41, 5.74) is 3.57. The largest absolute Gasteiger partial charge is 0.394 e. The van der Waals surface area contributed by atoms with Gasteiger partial charge in [0.1, 0.15) is 0 Å². The summed E-state index contributed by atoms with van der Waals surface area (Å²) >= 11 is 0. The first kappa shape index (κ1) is 22.7. The number of aliphatic hydroxyl groups excluding tert-OH is 1. The summed E-state index contributed by atoms with van der Waals surface area (Å²) in [6.07, 6.45) is 5.86. The number of aryl methyl sites for hydroxylation is 2. The monoisotopic (exact) mass is 469 g/mol. The molecule has 1 amide bonds. The van der Waals surface area contributed by atoms with E-state index < -0.39 is 35.5 Å². The summed E-state index contributed by atoms with van der Waals surface area (Å²) in [7, 11) is 0. The lowest BCUT2D eigenvalue weighted by molar-refractivity contribution is -0.144. The van der Waals surface area contributed by atoms with Gasteiger partial charge in [0.15, 0.2) is 17.5 Å². The van der Waals surface area contributed by atoms with Gasteiger partial charge in [-0.3, -0.25) is 4.79 Å². The van der Waals surface area contributed by atoms with Gasteiger partial charge < -0.3 is 14.6 Å². The fraction of sp³-hybridized carbons (Fsp3) is 0.385. The molecule has 3 aromatic rings. The molecule has 2 aromatic carbocycles. The number of aromatic nitrogens is 2. The first-order valence-corrected chi connectivity index (χ1v) is 11.4. The Balaban J connectivity index is 1.40. The summed E-state index contributed by atoms with van der Waals surface area (Å²) in [6.45, 7) is 3.83. The quantitative estimate of drug-likeness (QED) is 0.550. The minimum atomic E-state index is -1.56. The van der Waals surface area contributed by atoms with Crippen LogP contribution in [0.2, 0.25) is 0 Å². The number of aliphatic hydroxyl groups is 1. The van der Waals surface area contributed by atoms with Crippen molar-refractivity contribution >= 4 is 5.91 Å². The van der Waals surface area contributed by atoms with Crippen molar-refractivity contribution in [1.29, 1.82) is 0 Å². The van der Waals surface area contributed by atoms with Crippen LogP contribution in [-0.4, -0.2) is 38.6 Å². The van der Waals surface area contributed by atoms with Crippen LogP contribution in [0, 0.1) is 36.7 Å². The van der Waals surface area contributed by atoms with Gasteiger partial charge in [-0.2, -0.15) is 0 Å². The predicted octanol–water partition coefficient (Wildman–Crippen LogP) is 4.74. The van der Waals surface area contributed by atoms with Crippen LogP contribution in [-0.2, 0) is 4.79 Å². The van der Waals surface area contributed by atoms with Crippen LogP contribution in [0.25, 0.3) is 5.69 Å². The second-order valence-electron chi connectivity index (χ2n) is 9.48. The van der Waals surface area contributed by atoms with E-state index in [0.717, 1.165) is 47.5 Å². The topological polar surface area (TPSA) is 58.4 Å². The first-order chi connectivity index (χ1) is 16.2. The molecule has 1 saturated heterocycles. The fourth-order valence-electron chi connectivity index (χ4n) is 5.50. The Bertz CT molecular complexity index is 1250. The lowest BCUT2D eigenvalue weighted by Crippen LogP contribution is -2.46. The Labute approximate surface area is 195 Å². The summed E-state index contributed by atoms with van der Waals surface area (Å²) in [5, 5.41) is 10.0. The molecule has 2 heterocycles. The zero-order valence-corrected chi connectivity index (χ0v) is 19.1. The molecule has 5 rings (SSSR count). The molecule has 1 aromatic heterocycles. The molecule has 0 bridgehead atoms. The van der Waals surface area contributed by atoms with Gasteiger partial charge in [-0.1, -0.05) is 12.1 Å². The molecule has 34 heavy (non-hydrogen) atoms. The number of hydrogen-bond acceptors (Lipinski definition) is 3. The third-order valence-corrected chi connectivity index (χ3v) is 7.34. The van der Waals surface area contributed by atoms with Crippen molar-refractivity contribution in [2.24, 2.45) is 5.41 Å². The van der Waals surface area contributed by atoms with E-state index in [1.165, 1.54) is 4.90 Å². The minimum absolute atomic E-state index is 0.0427. The van der Waals surface area contributed by atoms with E-state index >= 15 is 0 Å². The molecule has 3 unspecified atom stereocenters. The van der Waals surface area contributed by atoms with E-state index in [9.17, 15) is 23.1 Å². The number of rotatable bonds is 5. The molecule has 2 fully saturated rings. The second kappa shape index (κ2) is 8.27. The SMILES string of the molecule is Cc1cn(-c2ccc(C3CC34CCCN(C(CO)c3cc(F)c(F)c(F)c3)C4=O)cc2C)cn1. The summed E-state index contributed by atoms with van der Waals surface area (Å²) in [5.74, 6) is -4.31. The highest BCUT2D eigenvalue weighted by Gasteiger charge is 2.63. The van der Waals surface area contributed by atoms with Gasteiger partial charge in [0.05, 0.1) is 30.1 Å². The maximum absolute atomic E-state index is 13.8. The third kappa shape index (κ3) is 3.60. The van der Waals surface area contributed by atoms with Crippen LogP contribution in [0.4, 0.5) is 13.2 Å². The smallest absolute Gasteiger partial charge is 0.230 e. The molecule has 8 heteroatoms. The number of nitrogens with zero attached hydrogens (tertiary/aromatic N) is 3. The molecule has 178 valence electrons. The average molecular weight is 470 g/mol. The summed E-state index contributed by atoms with van der Waals surface area (Å²) < 4.78 is 43.1. The lowest BCUT2D eigenvalue weighted by atomic mass is 9.87. The van der Waals surface area contributed by atoms with Crippen molar-refractivity contribution in [2.75, 3.05) is 13.2 Å². The van der Waals surface area contributed by atoms with Gasteiger partial charge in [-0.15, -0.1) is 0 Å². The van der Waals surface area contributed by atoms with E-state index in [2.05, 4.69) is 11.1 Å². The van der Waals surface area contributed by atoms with Crippen molar-refractivity contribution in [2.45, 2.75) is 45.1 Å². The van der Waals surface area contributed by atoms with Crippen LogP contribution in [0.1, 0.15) is 53.6 Å². The van der Waals surface area contributed by atoms with E-state index in [-0.39, 0.29) is 17.4 Å². The normalized spacial score (nSPS) is 22.9. The van der Waals surface area contributed by atoms with Gasteiger partial charge in [0.2, 0.25) is 5.91 Å². The van der Waals surface area contributed by atoms with Gasteiger partial charge in [0.25, 0.3) is 0 Å². The van der Waals surface area contributed by atoms with Gasteiger partial charge in [0, 0.05) is 18.4 Å². The molecule has 1 spiro atoms. The zero-order valence-electron chi connectivity index (χ0n) is 19.1. The number of halogens is 3. The third-order valence-electron chi connectivity index (χ3n) is 7.34. The van der Waals surface area contributed by atoms with Gasteiger partial charge >= 0.3 is 0 Å². The maximum Gasteiger partial charge on any atom is 0.230 e. The van der Waals surface area contributed by atoms with Crippen LogP contribution in [0.5, 0.6) is 0 Å². The Morgan fingerprint density at radius 2 is 1.91 bits per heavy atom. The van der Waals surface area contributed by atoms with Gasteiger partial charge in [-0.25, -0.2) is 18.2 Å². The number of carbonyl (C=O) groups is 1. The van der Waals surface area contributed by atoms with Crippen molar-refractivity contribution in [3.8, 4) is 5.69 Å². The molecule has 5 nitrogen and oxygen atoms in total. The number of imidazole rings is 1. The number of hydrogen-bond donors (Lipinski definition) is 1. The van der Waals surface area contributed by atoms with Crippen molar-refractivity contribution in [1.82, 2.24) is 14.5 Å². The highest BCUT2D eigenvalue weighted by atomic mass is 19.2. The lowest BCUT2D eigenvalue weighted by Gasteiger charge is -2.38. The van der Waals surface area contributed by atoms with E-state index in [1.54, 1.807) is 6.33 Å². The average Bonchev–Trinajstić information content (AvgIpc) is 3.37. The maximum atomic E-state index is 13.8. The van der Waals surface area contributed by atoms with Crippen LogP contribution in [0.15, 0.2) is 42.9 Å². The summed E-state index contributed by atoms with van der Waals surface area (Å²) in [4.78, 5) is 19.4. The number of piperidine rings is 1. The van der Waals surface area contributed by atoms with Gasteiger partial charge in [-0.05, 0) is 73.9 Å². The van der Waals surface area contributed by atoms with Crippen LogP contribution >= 0.6 is 0 Å². The zero-order chi connectivity index (χ0) is 24.2. The molecule has 2 aliphatic rings. The Kier molecular flexibility index (Phi) is 5.51.